The highest BCUT2D eigenvalue weighted by atomic mass is 16.5. The van der Waals surface area contributed by atoms with Gasteiger partial charge in [0.1, 0.15) is 5.75 Å². The third-order valence-electron chi connectivity index (χ3n) is 3.82. The normalized spacial score (nSPS) is 16.3. The van der Waals surface area contributed by atoms with Crippen LogP contribution in [0.4, 0.5) is 0 Å². The number of likely N-dealkylation sites (tertiary alicyclic amines) is 1. The van der Waals surface area contributed by atoms with Crippen LogP contribution in [-0.4, -0.2) is 37.4 Å². The molecule has 0 bridgehead atoms. The van der Waals surface area contributed by atoms with Gasteiger partial charge in [0.15, 0.2) is 5.78 Å². The van der Waals surface area contributed by atoms with Crippen molar-refractivity contribution in [3.63, 3.8) is 0 Å². The summed E-state index contributed by atoms with van der Waals surface area (Å²) in [6.07, 6.45) is 4.50. The van der Waals surface area contributed by atoms with Gasteiger partial charge in [-0.2, -0.15) is 0 Å². The number of ether oxygens (including phenoxy) is 1. The third kappa shape index (κ3) is 3.80. The van der Waals surface area contributed by atoms with Crippen LogP contribution in [0.25, 0.3) is 0 Å². The first-order chi connectivity index (χ1) is 9.20. The smallest absolute Gasteiger partial charge is 0.164 e. The number of hydrogen-bond acceptors (Lipinski definition) is 3. The molecule has 2 rings (SSSR count). The van der Waals surface area contributed by atoms with Crippen molar-refractivity contribution in [1.82, 2.24) is 4.90 Å². The second kappa shape index (κ2) is 6.71. The van der Waals surface area contributed by atoms with Crippen LogP contribution in [-0.2, 0) is 0 Å². The summed E-state index contributed by atoms with van der Waals surface area (Å²) in [5, 5.41) is 0. The Kier molecular flexibility index (Phi) is 4.97. The molecule has 0 saturated carbocycles. The minimum Gasteiger partial charge on any atom is -0.496 e. The van der Waals surface area contributed by atoms with Crippen molar-refractivity contribution in [2.75, 3.05) is 26.7 Å². The molecule has 3 nitrogen and oxygen atoms in total. The summed E-state index contributed by atoms with van der Waals surface area (Å²) < 4.78 is 5.22. The van der Waals surface area contributed by atoms with E-state index in [0.717, 1.165) is 36.5 Å². The molecular formula is C16H23NO2. The van der Waals surface area contributed by atoms with Gasteiger partial charge in [0.2, 0.25) is 0 Å². The fraction of sp³-hybridized carbons (Fsp3) is 0.562. The summed E-state index contributed by atoms with van der Waals surface area (Å²) in [6.45, 7) is 5.16. The number of carbonyl (C=O) groups is 1. The Labute approximate surface area is 115 Å². The van der Waals surface area contributed by atoms with Gasteiger partial charge in [-0.25, -0.2) is 0 Å². The van der Waals surface area contributed by atoms with Crippen LogP contribution in [0.15, 0.2) is 18.2 Å². The molecule has 1 aliphatic heterocycles. The molecule has 1 saturated heterocycles. The molecule has 1 heterocycles. The van der Waals surface area contributed by atoms with E-state index in [0.29, 0.717) is 6.42 Å². The number of methoxy groups -OCH3 is 1. The van der Waals surface area contributed by atoms with Crippen LogP contribution in [0, 0.1) is 6.92 Å². The summed E-state index contributed by atoms with van der Waals surface area (Å²) in [6, 6.07) is 5.67. The zero-order chi connectivity index (χ0) is 13.7. The molecule has 0 aromatic heterocycles. The van der Waals surface area contributed by atoms with Crippen LogP contribution in [0.3, 0.4) is 0 Å². The molecule has 3 heteroatoms. The minimum absolute atomic E-state index is 0.233. The maximum absolute atomic E-state index is 12.2. The van der Waals surface area contributed by atoms with Gasteiger partial charge in [-0.15, -0.1) is 0 Å². The zero-order valence-corrected chi connectivity index (χ0v) is 11.9. The molecule has 19 heavy (non-hydrogen) atoms. The first-order valence-electron chi connectivity index (χ1n) is 7.11. The Morgan fingerprint density at radius 2 is 2.00 bits per heavy atom. The highest BCUT2D eigenvalue weighted by Crippen LogP contribution is 2.19. The summed E-state index contributed by atoms with van der Waals surface area (Å²) in [4.78, 5) is 14.6. The molecule has 104 valence electrons. The van der Waals surface area contributed by atoms with Crippen LogP contribution in [0.1, 0.15) is 41.6 Å². The Bertz CT molecular complexity index is 436. The largest absolute Gasteiger partial charge is 0.496 e. The van der Waals surface area contributed by atoms with E-state index < -0.39 is 0 Å². The van der Waals surface area contributed by atoms with E-state index in [-0.39, 0.29) is 5.78 Å². The molecule has 1 aromatic carbocycles. The lowest BCUT2D eigenvalue weighted by Gasteiger charge is -2.25. The molecule has 1 aliphatic rings. The Morgan fingerprint density at radius 1 is 1.26 bits per heavy atom. The zero-order valence-electron chi connectivity index (χ0n) is 11.9. The van der Waals surface area contributed by atoms with Crippen LogP contribution >= 0.6 is 0 Å². The van der Waals surface area contributed by atoms with E-state index >= 15 is 0 Å². The molecule has 0 N–H and O–H groups in total. The molecule has 0 spiro atoms. The average Bonchev–Trinajstić information content (AvgIpc) is 2.45. The Balaban J connectivity index is 1.90. The van der Waals surface area contributed by atoms with Crippen LogP contribution in [0.2, 0.25) is 0 Å². The van der Waals surface area contributed by atoms with Crippen LogP contribution in [0.5, 0.6) is 5.75 Å². The summed E-state index contributed by atoms with van der Waals surface area (Å²) in [5.74, 6) is 1.07. The Morgan fingerprint density at radius 3 is 2.63 bits per heavy atom. The predicted octanol–water partition coefficient (Wildman–Crippen LogP) is 3.06. The van der Waals surface area contributed by atoms with E-state index in [4.69, 9.17) is 4.74 Å². The number of benzene rings is 1. The van der Waals surface area contributed by atoms with Gasteiger partial charge < -0.3 is 9.64 Å². The van der Waals surface area contributed by atoms with Crippen molar-refractivity contribution in [2.24, 2.45) is 0 Å². The van der Waals surface area contributed by atoms with Gasteiger partial charge in [0.05, 0.1) is 7.11 Å². The molecule has 0 amide bonds. The monoisotopic (exact) mass is 261 g/mol. The van der Waals surface area contributed by atoms with E-state index in [1.54, 1.807) is 7.11 Å². The molecular weight excluding hydrogens is 238 g/mol. The molecule has 1 aromatic rings. The second-order valence-electron chi connectivity index (χ2n) is 5.26. The van der Waals surface area contributed by atoms with Gasteiger partial charge in [0, 0.05) is 18.5 Å². The lowest BCUT2D eigenvalue weighted by atomic mass is 10.0. The molecule has 0 aliphatic carbocycles. The highest BCUT2D eigenvalue weighted by molar-refractivity contribution is 5.96. The lowest BCUT2D eigenvalue weighted by molar-refractivity contribution is 0.0958. The van der Waals surface area contributed by atoms with Crippen LogP contribution < -0.4 is 4.74 Å². The molecule has 0 unspecified atom stereocenters. The maximum atomic E-state index is 12.2. The van der Waals surface area contributed by atoms with Crippen molar-refractivity contribution < 1.29 is 9.53 Å². The van der Waals surface area contributed by atoms with Gasteiger partial charge in [-0.3, -0.25) is 4.79 Å². The fourth-order valence-corrected chi connectivity index (χ4v) is 2.64. The highest BCUT2D eigenvalue weighted by Gasteiger charge is 2.13. The predicted molar refractivity (Wildman–Crippen MR) is 77.0 cm³/mol. The van der Waals surface area contributed by atoms with E-state index in [2.05, 4.69) is 4.90 Å². The van der Waals surface area contributed by atoms with E-state index in [1.165, 1.54) is 19.3 Å². The topological polar surface area (TPSA) is 29.5 Å². The number of rotatable bonds is 5. The standard InChI is InChI=1S/C16H23NO2/c1-13-12-14(6-7-16(13)19-2)15(18)8-11-17-9-4-3-5-10-17/h6-7,12H,3-5,8-11H2,1-2H3. The van der Waals surface area contributed by atoms with Gasteiger partial charge in [-0.1, -0.05) is 6.42 Å². The third-order valence-corrected chi connectivity index (χ3v) is 3.82. The SMILES string of the molecule is COc1ccc(C(=O)CCN2CCCCC2)cc1C. The average molecular weight is 261 g/mol. The maximum Gasteiger partial charge on any atom is 0.164 e. The number of hydrogen-bond donors (Lipinski definition) is 0. The van der Waals surface area contributed by atoms with Gasteiger partial charge in [0.25, 0.3) is 0 Å². The Hall–Kier alpha value is -1.35. The molecule has 0 atom stereocenters. The summed E-state index contributed by atoms with van der Waals surface area (Å²) in [5.41, 5.74) is 1.82. The quantitative estimate of drug-likeness (QED) is 0.763. The van der Waals surface area contributed by atoms with Crippen molar-refractivity contribution in [1.29, 1.82) is 0 Å². The number of piperidine rings is 1. The molecule has 1 fully saturated rings. The first-order valence-corrected chi connectivity index (χ1v) is 7.11. The fourth-order valence-electron chi connectivity index (χ4n) is 2.64. The lowest BCUT2D eigenvalue weighted by Crippen LogP contribution is -2.31. The van der Waals surface area contributed by atoms with Crippen molar-refractivity contribution in [3.8, 4) is 5.75 Å². The van der Waals surface area contributed by atoms with Gasteiger partial charge in [-0.05, 0) is 56.6 Å². The van der Waals surface area contributed by atoms with Crippen molar-refractivity contribution >= 4 is 5.78 Å². The minimum atomic E-state index is 0.233. The first kappa shape index (κ1) is 14.1. The number of Topliss-reactive ketones (excluding diaryl/α,β-unsaturated/α-hetero) is 1. The number of aryl methyl sites for hydroxylation is 1. The number of ketones is 1. The van der Waals surface area contributed by atoms with Crippen molar-refractivity contribution in [3.05, 3.63) is 29.3 Å². The van der Waals surface area contributed by atoms with Crippen molar-refractivity contribution in [2.45, 2.75) is 32.6 Å². The number of nitrogens with zero attached hydrogens (tertiary/aromatic N) is 1. The van der Waals surface area contributed by atoms with E-state index in [9.17, 15) is 4.79 Å². The molecule has 0 radical (unpaired) electrons. The van der Waals surface area contributed by atoms with Gasteiger partial charge >= 0.3 is 0 Å². The second-order valence-corrected chi connectivity index (χ2v) is 5.26. The van der Waals surface area contributed by atoms with E-state index in [1.807, 2.05) is 25.1 Å². The number of carbonyl (C=O) groups excluding carboxylic acids is 1. The summed E-state index contributed by atoms with van der Waals surface area (Å²) >= 11 is 0. The summed E-state index contributed by atoms with van der Waals surface area (Å²) in [7, 11) is 1.65.